The van der Waals surface area contributed by atoms with E-state index in [1.807, 2.05) is 12.1 Å². The molecule has 1 amide bonds. The van der Waals surface area contributed by atoms with Gasteiger partial charge < -0.3 is 5.32 Å². The van der Waals surface area contributed by atoms with Crippen molar-refractivity contribution in [3.05, 3.63) is 34.9 Å². The minimum Gasteiger partial charge on any atom is -0.351 e. The number of nitrogens with zero attached hydrogens (tertiary/aromatic N) is 1. The molecular formula is C18H22ClF3N2O. The summed E-state index contributed by atoms with van der Waals surface area (Å²) in [4.78, 5) is 14.4. The van der Waals surface area contributed by atoms with Crippen LogP contribution in [0.2, 0.25) is 5.02 Å². The SMILES string of the molecule is O=C(NC1CCN(CC(F)(F)F)C1)C1(c2ccc(Cl)cc2)CCCC1. The number of benzene rings is 1. The molecule has 1 aromatic carbocycles. The lowest BCUT2D eigenvalue weighted by molar-refractivity contribution is -0.143. The number of nitrogens with one attached hydrogen (secondary N) is 1. The van der Waals surface area contributed by atoms with Crippen molar-refractivity contribution in [2.24, 2.45) is 0 Å². The van der Waals surface area contributed by atoms with Crippen LogP contribution in [0.15, 0.2) is 24.3 Å². The van der Waals surface area contributed by atoms with E-state index in [-0.39, 0.29) is 18.5 Å². The van der Waals surface area contributed by atoms with Gasteiger partial charge in [0, 0.05) is 24.2 Å². The van der Waals surface area contributed by atoms with Crippen LogP contribution < -0.4 is 5.32 Å². The molecule has 2 aliphatic rings. The number of alkyl halides is 3. The normalized spacial score (nSPS) is 23.8. The molecule has 1 heterocycles. The zero-order valence-electron chi connectivity index (χ0n) is 13.9. The molecule has 7 heteroatoms. The van der Waals surface area contributed by atoms with Crippen molar-refractivity contribution in [1.29, 1.82) is 0 Å². The maximum absolute atomic E-state index is 13.0. The fourth-order valence-electron chi connectivity index (χ4n) is 4.07. The maximum Gasteiger partial charge on any atom is 0.401 e. The molecule has 0 bridgehead atoms. The predicted molar refractivity (Wildman–Crippen MR) is 90.6 cm³/mol. The molecule has 1 aromatic rings. The van der Waals surface area contributed by atoms with Crippen LogP contribution in [-0.2, 0) is 10.2 Å². The highest BCUT2D eigenvalue weighted by Gasteiger charge is 2.44. The fourth-order valence-corrected chi connectivity index (χ4v) is 4.19. The van der Waals surface area contributed by atoms with E-state index in [1.54, 1.807) is 12.1 Å². The Morgan fingerprint density at radius 3 is 2.48 bits per heavy atom. The van der Waals surface area contributed by atoms with Gasteiger partial charge in [0.2, 0.25) is 5.91 Å². The molecule has 1 unspecified atom stereocenters. The topological polar surface area (TPSA) is 32.3 Å². The third-order valence-electron chi connectivity index (χ3n) is 5.30. The smallest absolute Gasteiger partial charge is 0.351 e. The molecular weight excluding hydrogens is 353 g/mol. The van der Waals surface area contributed by atoms with Gasteiger partial charge in [-0.3, -0.25) is 9.69 Å². The van der Waals surface area contributed by atoms with Gasteiger partial charge in [0.25, 0.3) is 0 Å². The van der Waals surface area contributed by atoms with E-state index in [0.29, 0.717) is 18.0 Å². The van der Waals surface area contributed by atoms with Gasteiger partial charge in [-0.1, -0.05) is 36.6 Å². The molecule has 0 spiro atoms. The zero-order valence-corrected chi connectivity index (χ0v) is 14.7. The first-order chi connectivity index (χ1) is 11.8. The van der Waals surface area contributed by atoms with Crippen molar-refractivity contribution in [3.63, 3.8) is 0 Å². The quantitative estimate of drug-likeness (QED) is 0.866. The summed E-state index contributed by atoms with van der Waals surface area (Å²) in [7, 11) is 0. The van der Waals surface area contributed by atoms with Crippen molar-refractivity contribution >= 4 is 17.5 Å². The minimum absolute atomic E-state index is 0.0637. The standard InChI is InChI=1S/C18H22ClF3N2O/c19-14-5-3-13(4-6-14)17(8-1-2-9-17)16(25)23-15-7-10-24(11-15)12-18(20,21)22/h3-6,15H,1-2,7-12H2,(H,23,25). The first kappa shape index (κ1) is 18.5. The summed E-state index contributed by atoms with van der Waals surface area (Å²) < 4.78 is 37.6. The molecule has 3 nitrogen and oxygen atoms in total. The van der Waals surface area contributed by atoms with Crippen LogP contribution >= 0.6 is 11.6 Å². The van der Waals surface area contributed by atoms with Crippen LogP contribution in [0.25, 0.3) is 0 Å². The number of rotatable bonds is 4. The number of hydrogen-bond acceptors (Lipinski definition) is 2. The Labute approximate surface area is 150 Å². The second kappa shape index (κ2) is 7.16. The Kier molecular flexibility index (Phi) is 5.30. The first-order valence-electron chi connectivity index (χ1n) is 8.65. The molecule has 3 rings (SSSR count). The summed E-state index contributed by atoms with van der Waals surface area (Å²) in [5.41, 5.74) is 0.360. The van der Waals surface area contributed by atoms with Crippen molar-refractivity contribution in [3.8, 4) is 0 Å². The number of likely N-dealkylation sites (tertiary alicyclic amines) is 1. The molecule has 2 fully saturated rings. The van der Waals surface area contributed by atoms with Crippen molar-refractivity contribution in [1.82, 2.24) is 10.2 Å². The van der Waals surface area contributed by atoms with Gasteiger partial charge in [-0.15, -0.1) is 0 Å². The molecule has 1 aliphatic carbocycles. The highest BCUT2D eigenvalue weighted by molar-refractivity contribution is 6.30. The fraction of sp³-hybridized carbons (Fsp3) is 0.611. The summed E-state index contributed by atoms with van der Waals surface area (Å²) in [5.74, 6) is -0.0637. The molecule has 1 aliphatic heterocycles. The number of carbonyl (C=O) groups is 1. The zero-order chi connectivity index (χ0) is 18.1. The van der Waals surface area contributed by atoms with E-state index in [2.05, 4.69) is 5.32 Å². The van der Waals surface area contributed by atoms with Gasteiger partial charge in [-0.2, -0.15) is 13.2 Å². The molecule has 1 saturated carbocycles. The van der Waals surface area contributed by atoms with Gasteiger partial charge >= 0.3 is 6.18 Å². The highest BCUT2D eigenvalue weighted by Crippen LogP contribution is 2.42. The van der Waals surface area contributed by atoms with Gasteiger partial charge in [0.15, 0.2) is 0 Å². The largest absolute Gasteiger partial charge is 0.401 e. The number of amides is 1. The highest BCUT2D eigenvalue weighted by atomic mass is 35.5. The number of halogens is 4. The lowest BCUT2D eigenvalue weighted by Gasteiger charge is -2.30. The van der Waals surface area contributed by atoms with E-state index in [9.17, 15) is 18.0 Å². The van der Waals surface area contributed by atoms with E-state index in [4.69, 9.17) is 11.6 Å². The molecule has 25 heavy (non-hydrogen) atoms. The van der Waals surface area contributed by atoms with Crippen LogP contribution in [0.5, 0.6) is 0 Å². The predicted octanol–water partition coefficient (Wildman–Crippen LogP) is 3.90. The average Bonchev–Trinajstić information content (AvgIpc) is 3.17. The summed E-state index contributed by atoms with van der Waals surface area (Å²) >= 11 is 5.95. The Hall–Kier alpha value is -1.27. The van der Waals surface area contributed by atoms with Crippen molar-refractivity contribution < 1.29 is 18.0 Å². The number of carbonyl (C=O) groups excluding carboxylic acids is 1. The Bertz CT molecular complexity index is 612. The van der Waals surface area contributed by atoms with Crippen LogP contribution in [-0.4, -0.2) is 42.7 Å². The molecule has 1 atom stereocenters. The number of hydrogen-bond donors (Lipinski definition) is 1. The van der Waals surface area contributed by atoms with Crippen molar-refractivity contribution in [2.75, 3.05) is 19.6 Å². The summed E-state index contributed by atoms with van der Waals surface area (Å²) in [6.45, 7) is -0.304. The summed E-state index contributed by atoms with van der Waals surface area (Å²) in [5, 5.41) is 3.63. The molecule has 1 saturated heterocycles. The molecule has 0 radical (unpaired) electrons. The second-order valence-corrected chi connectivity index (χ2v) is 7.54. The van der Waals surface area contributed by atoms with Crippen LogP contribution in [0.4, 0.5) is 13.2 Å². The minimum atomic E-state index is -4.20. The van der Waals surface area contributed by atoms with E-state index in [1.165, 1.54) is 4.90 Å². The third-order valence-corrected chi connectivity index (χ3v) is 5.55. The lowest BCUT2D eigenvalue weighted by atomic mass is 9.78. The average molecular weight is 375 g/mol. The van der Waals surface area contributed by atoms with Gasteiger partial charge in [0.1, 0.15) is 0 Å². The van der Waals surface area contributed by atoms with Crippen LogP contribution in [0, 0.1) is 0 Å². The Morgan fingerprint density at radius 2 is 1.88 bits per heavy atom. The van der Waals surface area contributed by atoms with Gasteiger partial charge in [0.05, 0.1) is 12.0 Å². The van der Waals surface area contributed by atoms with Gasteiger partial charge in [-0.05, 0) is 37.0 Å². The third kappa shape index (κ3) is 4.29. The monoisotopic (exact) mass is 374 g/mol. The van der Waals surface area contributed by atoms with Crippen LogP contribution in [0.3, 0.4) is 0 Å². The second-order valence-electron chi connectivity index (χ2n) is 7.11. The summed E-state index contributed by atoms with van der Waals surface area (Å²) in [6.07, 6.45) is -0.172. The van der Waals surface area contributed by atoms with E-state index >= 15 is 0 Å². The van der Waals surface area contributed by atoms with Crippen molar-refractivity contribution in [2.45, 2.75) is 49.7 Å². The van der Waals surface area contributed by atoms with Gasteiger partial charge in [-0.25, -0.2) is 0 Å². The lowest BCUT2D eigenvalue weighted by Crippen LogP contribution is -2.48. The molecule has 1 N–H and O–H groups in total. The van der Waals surface area contributed by atoms with E-state index in [0.717, 1.165) is 31.2 Å². The molecule has 138 valence electrons. The summed E-state index contributed by atoms with van der Waals surface area (Å²) in [6, 6.07) is 7.12. The molecule has 0 aromatic heterocycles. The maximum atomic E-state index is 13.0. The first-order valence-corrected chi connectivity index (χ1v) is 9.02. The Morgan fingerprint density at radius 1 is 1.24 bits per heavy atom. The Balaban J connectivity index is 1.67. The van der Waals surface area contributed by atoms with Crippen LogP contribution in [0.1, 0.15) is 37.7 Å². The van der Waals surface area contributed by atoms with E-state index < -0.39 is 18.1 Å².